The van der Waals surface area contributed by atoms with Crippen LogP contribution in [-0.4, -0.2) is 56.2 Å². The zero-order chi connectivity index (χ0) is 22.9. The van der Waals surface area contributed by atoms with Crippen LogP contribution in [0.4, 0.5) is 0 Å². The quantitative estimate of drug-likeness (QED) is 0.416. The number of amides is 1. The SMILES string of the molecule is CCN(CC)S(=O)(=O)c1ccc(/C=C/C(=O)OCC(=O)N(C)Cc2ccccc2)cc1. The van der Waals surface area contributed by atoms with Crippen molar-refractivity contribution in [2.45, 2.75) is 25.3 Å². The minimum Gasteiger partial charge on any atom is -0.452 e. The third-order valence-corrected chi connectivity index (χ3v) is 6.73. The van der Waals surface area contributed by atoms with E-state index < -0.39 is 16.0 Å². The maximum absolute atomic E-state index is 12.5. The Balaban J connectivity index is 1.88. The van der Waals surface area contributed by atoms with Crippen LogP contribution in [0, 0.1) is 0 Å². The average molecular weight is 445 g/mol. The lowest BCUT2D eigenvalue weighted by atomic mass is 10.2. The lowest BCUT2D eigenvalue weighted by molar-refractivity contribution is -0.147. The molecule has 0 aliphatic heterocycles. The summed E-state index contributed by atoms with van der Waals surface area (Å²) in [5.74, 6) is -0.960. The Morgan fingerprint density at radius 2 is 1.58 bits per heavy atom. The number of ether oxygens (including phenoxy) is 1. The number of esters is 1. The minimum absolute atomic E-state index is 0.197. The van der Waals surface area contributed by atoms with E-state index in [-0.39, 0.29) is 17.4 Å². The van der Waals surface area contributed by atoms with Crippen LogP contribution < -0.4 is 0 Å². The summed E-state index contributed by atoms with van der Waals surface area (Å²) in [6.07, 6.45) is 2.71. The average Bonchev–Trinajstić information content (AvgIpc) is 2.77. The molecule has 0 spiro atoms. The predicted octanol–water partition coefficient (Wildman–Crippen LogP) is 2.93. The van der Waals surface area contributed by atoms with Crippen molar-refractivity contribution in [1.29, 1.82) is 0 Å². The Hall–Kier alpha value is -2.97. The molecule has 0 aromatic heterocycles. The molecule has 31 heavy (non-hydrogen) atoms. The first-order valence-corrected chi connectivity index (χ1v) is 11.4. The third-order valence-electron chi connectivity index (χ3n) is 4.66. The maximum atomic E-state index is 12.5. The summed E-state index contributed by atoms with van der Waals surface area (Å²) >= 11 is 0. The number of hydrogen-bond acceptors (Lipinski definition) is 5. The van der Waals surface area contributed by atoms with Gasteiger partial charge in [-0.15, -0.1) is 0 Å². The second kappa shape index (κ2) is 11.4. The molecule has 0 N–H and O–H groups in total. The zero-order valence-electron chi connectivity index (χ0n) is 18.0. The molecule has 0 saturated carbocycles. The van der Waals surface area contributed by atoms with Gasteiger partial charge in [0, 0.05) is 32.8 Å². The van der Waals surface area contributed by atoms with Crippen LogP contribution in [0.1, 0.15) is 25.0 Å². The van der Waals surface area contributed by atoms with Gasteiger partial charge in [0.15, 0.2) is 6.61 Å². The van der Waals surface area contributed by atoms with Crippen molar-refractivity contribution >= 4 is 28.0 Å². The van der Waals surface area contributed by atoms with Gasteiger partial charge in [0.1, 0.15) is 0 Å². The topological polar surface area (TPSA) is 84.0 Å². The normalized spacial score (nSPS) is 11.6. The Morgan fingerprint density at radius 1 is 0.968 bits per heavy atom. The first-order chi connectivity index (χ1) is 14.8. The van der Waals surface area contributed by atoms with Gasteiger partial charge < -0.3 is 9.64 Å². The molecule has 0 radical (unpaired) electrons. The van der Waals surface area contributed by atoms with E-state index in [0.29, 0.717) is 25.2 Å². The van der Waals surface area contributed by atoms with Gasteiger partial charge in [-0.3, -0.25) is 4.79 Å². The smallest absolute Gasteiger partial charge is 0.331 e. The van der Waals surface area contributed by atoms with Crippen LogP contribution in [0.15, 0.2) is 65.6 Å². The molecule has 0 atom stereocenters. The van der Waals surface area contributed by atoms with Gasteiger partial charge in [0.2, 0.25) is 10.0 Å². The molecule has 8 heteroatoms. The fourth-order valence-electron chi connectivity index (χ4n) is 2.86. The van der Waals surface area contributed by atoms with Gasteiger partial charge in [-0.1, -0.05) is 56.3 Å². The van der Waals surface area contributed by atoms with E-state index in [4.69, 9.17) is 4.74 Å². The Labute approximate surface area is 184 Å². The van der Waals surface area contributed by atoms with Crippen molar-refractivity contribution in [2.75, 3.05) is 26.7 Å². The molecule has 0 bridgehead atoms. The van der Waals surface area contributed by atoms with Crippen LogP contribution in [-0.2, 0) is 30.9 Å². The summed E-state index contributed by atoms with van der Waals surface area (Å²) in [7, 11) is -1.88. The van der Waals surface area contributed by atoms with E-state index >= 15 is 0 Å². The molecule has 2 aromatic rings. The summed E-state index contributed by atoms with van der Waals surface area (Å²) in [5, 5.41) is 0. The predicted molar refractivity (Wildman–Crippen MR) is 119 cm³/mol. The van der Waals surface area contributed by atoms with Crippen molar-refractivity contribution < 1.29 is 22.7 Å². The molecule has 1 amide bonds. The summed E-state index contributed by atoms with van der Waals surface area (Å²) in [4.78, 5) is 25.7. The van der Waals surface area contributed by atoms with Gasteiger partial charge in [0.25, 0.3) is 5.91 Å². The van der Waals surface area contributed by atoms with Crippen molar-refractivity contribution in [2.24, 2.45) is 0 Å². The lowest BCUT2D eigenvalue weighted by Crippen LogP contribution is -2.30. The molecule has 0 heterocycles. The number of hydrogen-bond donors (Lipinski definition) is 0. The van der Waals surface area contributed by atoms with E-state index in [1.54, 1.807) is 33.0 Å². The van der Waals surface area contributed by atoms with Crippen molar-refractivity contribution in [3.8, 4) is 0 Å². The number of sulfonamides is 1. The van der Waals surface area contributed by atoms with E-state index in [1.807, 2.05) is 30.3 Å². The molecule has 0 aliphatic carbocycles. The number of carbonyl (C=O) groups excluding carboxylic acids is 2. The van der Waals surface area contributed by atoms with Crippen LogP contribution in [0.25, 0.3) is 6.08 Å². The molecule has 2 aromatic carbocycles. The number of rotatable bonds is 10. The van der Waals surface area contributed by atoms with E-state index in [0.717, 1.165) is 5.56 Å². The molecule has 2 rings (SSSR count). The summed E-state index contributed by atoms with van der Waals surface area (Å²) < 4.78 is 31.4. The van der Waals surface area contributed by atoms with Crippen LogP contribution in [0.2, 0.25) is 0 Å². The number of likely N-dealkylation sites (N-methyl/N-ethyl adjacent to an activating group) is 1. The molecule has 0 unspecified atom stereocenters. The molecular weight excluding hydrogens is 416 g/mol. The Kier molecular flexibility index (Phi) is 8.96. The zero-order valence-corrected chi connectivity index (χ0v) is 18.8. The second-order valence-corrected chi connectivity index (χ2v) is 8.77. The van der Waals surface area contributed by atoms with Gasteiger partial charge in [-0.2, -0.15) is 4.31 Å². The number of benzene rings is 2. The summed E-state index contributed by atoms with van der Waals surface area (Å²) in [6, 6.07) is 15.7. The maximum Gasteiger partial charge on any atom is 0.331 e. The Morgan fingerprint density at radius 3 is 2.16 bits per heavy atom. The highest BCUT2D eigenvalue weighted by Gasteiger charge is 2.21. The summed E-state index contributed by atoms with van der Waals surface area (Å²) in [6.45, 7) is 4.43. The van der Waals surface area contributed by atoms with E-state index in [2.05, 4.69) is 0 Å². The van der Waals surface area contributed by atoms with Crippen LogP contribution in [0.5, 0.6) is 0 Å². The Bertz CT molecular complexity index is 998. The standard InChI is InChI=1S/C23H28N2O5S/c1-4-25(5-2)31(28,29)21-14-11-19(12-15-21)13-16-23(27)30-18-22(26)24(3)17-20-9-7-6-8-10-20/h6-16H,4-5,17-18H2,1-3H3/b16-13+. The van der Waals surface area contributed by atoms with E-state index in [9.17, 15) is 18.0 Å². The van der Waals surface area contributed by atoms with Crippen molar-refractivity contribution in [3.05, 3.63) is 71.8 Å². The number of carbonyl (C=O) groups is 2. The molecule has 166 valence electrons. The fourth-order valence-corrected chi connectivity index (χ4v) is 4.32. The van der Waals surface area contributed by atoms with Crippen LogP contribution >= 0.6 is 0 Å². The molecule has 0 aliphatic rings. The monoisotopic (exact) mass is 444 g/mol. The van der Waals surface area contributed by atoms with Crippen molar-refractivity contribution in [1.82, 2.24) is 9.21 Å². The minimum atomic E-state index is -3.52. The van der Waals surface area contributed by atoms with Gasteiger partial charge in [-0.05, 0) is 29.3 Å². The highest BCUT2D eigenvalue weighted by atomic mass is 32.2. The van der Waals surface area contributed by atoms with Crippen LogP contribution in [0.3, 0.4) is 0 Å². The molecule has 0 saturated heterocycles. The van der Waals surface area contributed by atoms with Gasteiger partial charge in [0.05, 0.1) is 4.90 Å². The second-order valence-electron chi connectivity index (χ2n) is 6.83. The fraction of sp³-hybridized carbons (Fsp3) is 0.304. The highest BCUT2D eigenvalue weighted by Crippen LogP contribution is 2.16. The van der Waals surface area contributed by atoms with Gasteiger partial charge >= 0.3 is 5.97 Å². The first kappa shape index (κ1) is 24.3. The highest BCUT2D eigenvalue weighted by molar-refractivity contribution is 7.89. The number of nitrogens with zero attached hydrogens (tertiary/aromatic N) is 2. The summed E-state index contributed by atoms with van der Waals surface area (Å²) in [5.41, 5.74) is 1.62. The molecular formula is C23H28N2O5S. The van der Waals surface area contributed by atoms with Gasteiger partial charge in [-0.25, -0.2) is 13.2 Å². The third kappa shape index (κ3) is 7.04. The molecule has 7 nitrogen and oxygen atoms in total. The first-order valence-electron chi connectivity index (χ1n) is 10.0. The molecule has 0 fully saturated rings. The van der Waals surface area contributed by atoms with Crippen molar-refractivity contribution in [3.63, 3.8) is 0 Å². The largest absolute Gasteiger partial charge is 0.452 e. The lowest BCUT2D eigenvalue weighted by Gasteiger charge is -2.18. The van der Waals surface area contributed by atoms with E-state index in [1.165, 1.54) is 33.5 Å².